The van der Waals surface area contributed by atoms with E-state index in [-0.39, 0.29) is 43.8 Å². The molecular formula is C27H36FN3O5S. The van der Waals surface area contributed by atoms with E-state index in [4.69, 9.17) is 4.74 Å². The Morgan fingerprint density at radius 2 is 1.76 bits per heavy atom. The molecule has 37 heavy (non-hydrogen) atoms. The molecule has 2 aromatic rings. The SMILES string of the molecule is COc1ccccc1N(CCCC(=O)N(Cc1ccccc1F)C(C)C(=O)NC1CCCC1)S(C)(=O)=O. The first-order valence-electron chi connectivity index (χ1n) is 12.6. The van der Waals surface area contributed by atoms with E-state index in [0.717, 1.165) is 31.9 Å². The summed E-state index contributed by atoms with van der Waals surface area (Å²) in [5.74, 6) is -0.685. The summed E-state index contributed by atoms with van der Waals surface area (Å²) in [7, 11) is -2.19. The Morgan fingerprint density at radius 3 is 2.41 bits per heavy atom. The van der Waals surface area contributed by atoms with Crippen LogP contribution in [0.3, 0.4) is 0 Å². The van der Waals surface area contributed by atoms with Crippen LogP contribution in [0.5, 0.6) is 5.75 Å². The van der Waals surface area contributed by atoms with Crippen LogP contribution in [0.25, 0.3) is 0 Å². The lowest BCUT2D eigenvalue weighted by Gasteiger charge is -2.30. The predicted molar refractivity (Wildman–Crippen MR) is 141 cm³/mol. The van der Waals surface area contributed by atoms with Crippen LogP contribution >= 0.6 is 0 Å². The van der Waals surface area contributed by atoms with E-state index in [1.54, 1.807) is 49.4 Å². The molecule has 1 aliphatic rings. The monoisotopic (exact) mass is 533 g/mol. The van der Waals surface area contributed by atoms with Crippen molar-refractivity contribution >= 4 is 27.5 Å². The summed E-state index contributed by atoms with van der Waals surface area (Å²) in [6.07, 6.45) is 5.21. The van der Waals surface area contributed by atoms with Crippen molar-refractivity contribution in [3.8, 4) is 5.75 Å². The molecule has 0 aliphatic heterocycles. The maximum atomic E-state index is 14.4. The maximum Gasteiger partial charge on any atom is 0.242 e. The number of nitrogens with zero attached hydrogens (tertiary/aromatic N) is 2. The zero-order valence-electron chi connectivity index (χ0n) is 21.7. The van der Waals surface area contributed by atoms with Crippen molar-refractivity contribution in [2.45, 2.75) is 64.1 Å². The number of methoxy groups -OCH3 is 1. The Balaban J connectivity index is 1.74. The number of hydrogen-bond acceptors (Lipinski definition) is 5. The summed E-state index contributed by atoms with van der Waals surface area (Å²) in [5, 5.41) is 3.01. The Bertz CT molecular complexity index is 1180. The molecule has 1 atom stereocenters. The lowest BCUT2D eigenvalue weighted by molar-refractivity contribution is -0.141. The summed E-state index contributed by atoms with van der Waals surface area (Å²) < 4.78 is 46.0. The van der Waals surface area contributed by atoms with E-state index in [1.165, 1.54) is 22.4 Å². The molecule has 1 saturated carbocycles. The third-order valence-corrected chi connectivity index (χ3v) is 7.85. The smallest absolute Gasteiger partial charge is 0.242 e. The topological polar surface area (TPSA) is 96.0 Å². The fourth-order valence-electron chi connectivity index (χ4n) is 4.60. The fraction of sp³-hybridized carbons (Fsp3) is 0.481. The molecule has 1 N–H and O–H groups in total. The minimum absolute atomic E-state index is 0.0172. The Labute approximate surface area is 218 Å². The molecule has 0 saturated heterocycles. The van der Waals surface area contributed by atoms with Crippen molar-refractivity contribution in [3.63, 3.8) is 0 Å². The molecule has 0 bridgehead atoms. The quantitative estimate of drug-likeness (QED) is 0.447. The van der Waals surface area contributed by atoms with E-state index in [1.807, 2.05) is 0 Å². The van der Waals surface area contributed by atoms with Gasteiger partial charge in [-0.05, 0) is 44.4 Å². The minimum Gasteiger partial charge on any atom is -0.495 e. The van der Waals surface area contributed by atoms with Gasteiger partial charge in [0.2, 0.25) is 21.8 Å². The highest BCUT2D eigenvalue weighted by Crippen LogP contribution is 2.30. The number of halogens is 1. The largest absolute Gasteiger partial charge is 0.495 e. The molecule has 2 aromatic carbocycles. The van der Waals surface area contributed by atoms with Crippen molar-refractivity contribution < 1.29 is 27.1 Å². The normalized spacial score (nSPS) is 14.7. The molecular weight excluding hydrogens is 497 g/mol. The Morgan fingerprint density at radius 1 is 1.11 bits per heavy atom. The second-order valence-electron chi connectivity index (χ2n) is 9.39. The molecule has 10 heteroatoms. The van der Waals surface area contributed by atoms with E-state index < -0.39 is 21.9 Å². The van der Waals surface area contributed by atoms with Gasteiger partial charge in [0.25, 0.3) is 0 Å². The molecule has 2 amide bonds. The highest BCUT2D eigenvalue weighted by atomic mass is 32.2. The van der Waals surface area contributed by atoms with Crippen molar-refractivity contribution in [1.82, 2.24) is 10.2 Å². The summed E-state index contributed by atoms with van der Waals surface area (Å²) in [6, 6.07) is 12.2. The van der Waals surface area contributed by atoms with Crippen LogP contribution in [0.1, 0.15) is 51.0 Å². The average molecular weight is 534 g/mol. The predicted octanol–water partition coefficient (Wildman–Crippen LogP) is 3.86. The summed E-state index contributed by atoms with van der Waals surface area (Å²) in [4.78, 5) is 27.7. The molecule has 0 aromatic heterocycles. The molecule has 8 nitrogen and oxygen atoms in total. The molecule has 0 spiro atoms. The number of hydrogen-bond donors (Lipinski definition) is 1. The molecule has 202 valence electrons. The van der Waals surface area contributed by atoms with Crippen molar-refractivity contribution in [1.29, 1.82) is 0 Å². The number of benzene rings is 2. The zero-order chi connectivity index (χ0) is 27.0. The number of nitrogens with one attached hydrogen (secondary N) is 1. The van der Waals surface area contributed by atoms with E-state index in [0.29, 0.717) is 17.0 Å². The third kappa shape index (κ3) is 7.67. The lowest BCUT2D eigenvalue weighted by atomic mass is 10.1. The summed E-state index contributed by atoms with van der Waals surface area (Å²) >= 11 is 0. The van der Waals surface area contributed by atoms with Crippen LogP contribution in [0, 0.1) is 5.82 Å². The van der Waals surface area contributed by atoms with Gasteiger partial charge in [-0.2, -0.15) is 0 Å². The molecule has 1 aliphatic carbocycles. The number of sulfonamides is 1. The maximum absolute atomic E-state index is 14.4. The van der Waals surface area contributed by atoms with Gasteiger partial charge < -0.3 is 15.0 Å². The lowest BCUT2D eigenvalue weighted by Crippen LogP contribution is -2.49. The zero-order valence-corrected chi connectivity index (χ0v) is 22.5. The van der Waals surface area contributed by atoms with Gasteiger partial charge in [0.05, 0.1) is 19.1 Å². The first-order valence-corrected chi connectivity index (χ1v) is 14.4. The molecule has 0 radical (unpaired) electrons. The number of carbonyl (C=O) groups is 2. The Kier molecular flexibility index (Phi) is 9.91. The van der Waals surface area contributed by atoms with E-state index >= 15 is 0 Å². The molecule has 1 unspecified atom stereocenters. The Hall–Kier alpha value is -3.14. The van der Waals surface area contributed by atoms with Crippen LogP contribution in [0.15, 0.2) is 48.5 Å². The van der Waals surface area contributed by atoms with Crippen LogP contribution in [-0.4, -0.2) is 57.1 Å². The van der Waals surface area contributed by atoms with Gasteiger partial charge in [-0.25, -0.2) is 12.8 Å². The van der Waals surface area contributed by atoms with Crippen molar-refractivity contribution in [3.05, 3.63) is 59.9 Å². The van der Waals surface area contributed by atoms with Gasteiger partial charge in [-0.3, -0.25) is 13.9 Å². The van der Waals surface area contributed by atoms with Crippen LogP contribution in [0.4, 0.5) is 10.1 Å². The van der Waals surface area contributed by atoms with Gasteiger partial charge in [0.15, 0.2) is 0 Å². The number of anilines is 1. The van der Waals surface area contributed by atoms with E-state index in [2.05, 4.69) is 5.32 Å². The van der Waals surface area contributed by atoms with Gasteiger partial charge in [0.1, 0.15) is 17.6 Å². The number of rotatable bonds is 12. The first-order chi connectivity index (χ1) is 17.6. The molecule has 1 fully saturated rings. The van der Waals surface area contributed by atoms with Gasteiger partial charge in [-0.1, -0.05) is 43.2 Å². The molecule has 0 heterocycles. The summed E-state index contributed by atoms with van der Waals surface area (Å²) in [5.41, 5.74) is 0.690. The first kappa shape index (κ1) is 28.4. The standard InChI is InChI=1S/C27H36FN3O5S/c1-20(27(33)29-22-12-5-6-13-22)30(19-21-11-4-7-14-23(21)28)26(32)17-10-18-31(37(3,34)35)24-15-8-9-16-25(24)36-2/h4,7-9,11,14-16,20,22H,5-6,10,12-13,17-19H2,1-3H3,(H,29,33). The van der Waals surface area contributed by atoms with Crippen molar-refractivity contribution in [2.75, 3.05) is 24.2 Å². The second kappa shape index (κ2) is 12.9. The highest BCUT2D eigenvalue weighted by molar-refractivity contribution is 7.92. The van der Waals surface area contributed by atoms with Crippen LogP contribution in [0.2, 0.25) is 0 Å². The number of amides is 2. The number of para-hydroxylation sites is 2. The average Bonchev–Trinajstić information content (AvgIpc) is 3.38. The number of carbonyl (C=O) groups excluding carboxylic acids is 2. The molecule has 3 rings (SSSR count). The van der Waals surface area contributed by atoms with Gasteiger partial charge >= 0.3 is 0 Å². The second-order valence-corrected chi connectivity index (χ2v) is 11.3. The summed E-state index contributed by atoms with van der Waals surface area (Å²) in [6.45, 7) is 1.62. The highest BCUT2D eigenvalue weighted by Gasteiger charge is 2.29. The fourth-order valence-corrected chi connectivity index (χ4v) is 5.57. The van der Waals surface area contributed by atoms with Crippen molar-refractivity contribution in [2.24, 2.45) is 0 Å². The van der Waals surface area contributed by atoms with Gasteiger partial charge in [0, 0.05) is 31.1 Å². The van der Waals surface area contributed by atoms with Crippen LogP contribution in [-0.2, 0) is 26.2 Å². The minimum atomic E-state index is -3.65. The number of ether oxygens (including phenoxy) is 1. The third-order valence-electron chi connectivity index (χ3n) is 6.67. The van der Waals surface area contributed by atoms with Crippen LogP contribution < -0.4 is 14.4 Å². The van der Waals surface area contributed by atoms with Gasteiger partial charge in [-0.15, -0.1) is 0 Å². The van der Waals surface area contributed by atoms with E-state index in [9.17, 15) is 22.4 Å².